The van der Waals surface area contributed by atoms with Crippen LogP contribution in [0.25, 0.3) is 0 Å². The smallest absolute Gasteiger partial charge is 0.328 e. The molecule has 0 saturated carbocycles. The number of hydrogen-bond donors (Lipinski definition) is 1. The van der Waals surface area contributed by atoms with Gasteiger partial charge in [0.1, 0.15) is 6.54 Å². The standard InChI is InChI=1S/C19H23N3O7/c1-4-21(10-13-5-6-14(27-2)15(9-13)28-3)17(24)12-29-18(25)11-22-8-7-16(23)20-19(22)26/h5-9H,4,10-12H2,1-3H3,(H,20,23,26). The van der Waals surface area contributed by atoms with Crippen LogP contribution in [0, 0.1) is 0 Å². The lowest BCUT2D eigenvalue weighted by molar-refractivity contribution is -0.152. The van der Waals surface area contributed by atoms with Crippen LogP contribution in [-0.2, 0) is 27.4 Å². The minimum Gasteiger partial charge on any atom is -0.493 e. The Kier molecular flexibility index (Phi) is 7.58. The summed E-state index contributed by atoms with van der Waals surface area (Å²) in [5.41, 5.74) is -0.475. The second-order valence-corrected chi connectivity index (χ2v) is 6.00. The average Bonchev–Trinajstić information content (AvgIpc) is 2.72. The van der Waals surface area contributed by atoms with Crippen LogP contribution in [0.5, 0.6) is 11.5 Å². The maximum Gasteiger partial charge on any atom is 0.328 e. The van der Waals surface area contributed by atoms with Gasteiger partial charge in [0.25, 0.3) is 11.5 Å². The number of esters is 1. The Hall–Kier alpha value is -3.56. The van der Waals surface area contributed by atoms with Crippen LogP contribution < -0.4 is 20.7 Å². The van der Waals surface area contributed by atoms with Crippen molar-refractivity contribution >= 4 is 11.9 Å². The monoisotopic (exact) mass is 405 g/mol. The van der Waals surface area contributed by atoms with Crippen molar-refractivity contribution in [2.24, 2.45) is 0 Å². The maximum absolute atomic E-state index is 12.4. The molecule has 2 rings (SSSR count). The van der Waals surface area contributed by atoms with Gasteiger partial charge in [0.2, 0.25) is 0 Å². The molecule has 10 heteroatoms. The zero-order chi connectivity index (χ0) is 21.4. The Morgan fingerprint density at radius 1 is 1.10 bits per heavy atom. The van der Waals surface area contributed by atoms with E-state index in [0.717, 1.165) is 16.2 Å². The number of carbonyl (C=O) groups excluding carboxylic acids is 2. The lowest BCUT2D eigenvalue weighted by Gasteiger charge is -2.21. The summed E-state index contributed by atoms with van der Waals surface area (Å²) in [5.74, 6) is -0.0255. The third kappa shape index (κ3) is 5.96. The van der Waals surface area contributed by atoms with Crippen molar-refractivity contribution in [1.29, 1.82) is 0 Å². The summed E-state index contributed by atoms with van der Waals surface area (Å²) in [6.45, 7) is 1.64. The van der Waals surface area contributed by atoms with Crippen LogP contribution in [0.15, 0.2) is 40.1 Å². The predicted octanol–water partition coefficient (Wildman–Crippen LogP) is 0.146. The van der Waals surface area contributed by atoms with Crippen LogP contribution in [0.3, 0.4) is 0 Å². The fourth-order valence-corrected chi connectivity index (χ4v) is 2.56. The van der Waals surface area contributed by atoms with Gasteiger partial charge in [-0.05, 0) is 24.6 Å². The van der Waals surface area contributed by atoms with E-state index in [4.69, 9.17) is 14.2 Å². The molecule has 0 aliphatic rings. The molecule has 1 heterocycles. The number of likely N-dealkylation sites (N-methyl/N-ethyl adjacent to an activating group) is 1. The van der Waals surface area contributed by atoms with E-state index in [2.05, 4.69) is 0 Å². The third-order valence-electron chi connectivity index (χ3n) is 4.11. The predicted molar refractivity (Wildman–Crippen MR) is 103 cm³/mol. The number of ether oxygens (including phenoxy) is 3. The van der Waals surface area contributed by atoms with Gasteiger partial charge in [0.05, 0.1) is 14.2 Å². The number of aromatic nitrogens is 2. The van der Waals surface area contributed by atoms with Crippen molar-refractivity contribution in [3.05, 3.63) is 56.9 Å². The Morgan fingerprint density at radius 2 is 1.83 bits per heavy atom. The van der Waals surface area contributed by atoms with Crippen molar-refractivity contribution in [2.75, 3.05) is 27.4 Å². The molecule has 0 aliphatic heterocycles. The Morgan fingerprint density at radius 3 is 2.45 bits per heavy atom. The summed E-state index contributed by atoms with van der Waals surface area (Å²) in [6, 6.07) is 6.44. The highest BCUT2D eigenvalue weighted by Gasteiger charge is 2.16. The van der Waals surface area contributed by atoms with Crippen LogP contribution in [0.4, 0.5) is 0 Å². The molecule has 0 saturated heterocycles. The number of benzene rings is 1. The molecule has 1 N–H and O–H groups in total. The molecule has 0 fully saturated rings. The number of aromatic amines is 1. The van der Waals surface area contributed by atoms with Gasteiger partial charge in [0, 0.05) is 25.4 Å². The highest BCUT2D eigenvalue weighted by atomic mass is 16.5. The first-order valence-corrected chi connectivity index (χ1v) is 8.82. The van der Waals surface area contributed by atoms with E-state index in [0.29, 0.717) is 24.6 Å². The third-order valence-corrected chi connectivity index (χ3v) is 4.11. The van der Waals surface area contributed by atoms with Gasteiger partial charge in [0.15, 0.2) is 18.1 Å². The van der Waals surface area contributed by atoms with Gasteiger partial charge in [-0.1, -0.05) is 6.07 Å². The highest BCUT2D eigenvalue weighted by molar-refractivity contribution is 5.80. The maximum atomic E-state index is 12.4. The first-order valence-electron chi connectivity index (χ1n) is 8.82. The molecule has 0 unspecified atom stereocenters. The van der Waals surface area contributed by atoms with E-state index < -0.39 is 30.4 Å². The number of nitrogens with zero attached hydrogens (tertiary/aromatic N) is 2. The number of hydrogen-bond acceptors (Lipinski definition) is 7. The molecule has 0 bridgehead atoms. The average molecular weight is 405 g/mol. The van der Waals surface area contributed by atoms with E-state index in [1.165, 1.54) is 25.3 Å². The zero-order valence-electron chi connectivity index (χ0n) is 16.5. The molecular formula is C19H23N3O7. The Labute approximate surface area is 166 Å². The van der Waals surface area contributed by atoms with Gasteiger partial charge < -0.3 is 19.1 Å². The first kappa shape index (κ1) is 21.7. The molecular weight excluding hydrogens is 382 g/mol. The summed E-state index contributed by atoms with van der Waals surface area (Å²) >= 11 is 0. The second kappa shape index (κ2) is 10.1. The minimum atomic E-state index is -0.769. The van der Waals surface area contributed by atoms with Crippen molar-refractivity contribution in [3.63, 3.8) is 0 Å². The fourth-order valence-electron chi connectivity index (χ4n) is 2.56. The van der Waals surface area contributed by atoms with E-state index in [1.54, 1.807) is 19.1 Å². The number of carbonyl (C=O) groups is 2. The van der Waals surface area contributed by atoms with Crippen LogP contribution in [-0.4, -0.2) is 53.7 Å². The Bertz CT molecular complexity index is 980. The molecule has 10 nitrogen and oxygen atoms in total. The molecule has 156 valence electrons. The molecule has 1 aromatic heterocycles. The SMILES string of the molecule is CCN(Cc1ccc(OC)c(OC)c1)C(=O)COC(=O)Cn1ccc(=O)[nH]c1=O. The van der Waals surface area contributed by atoms with Gasteiger partial charge in [-0.15, -0.1) is 0 Å². The summed E-state index contributed by atoms with van der Waals surface area (Å²) in [5, 5.41) is 0. The summed E-state index contributed by atoms with van der Waals surface area (Å²) < 4.78 is 16.4. The van der Waals surface area contributed by atoms with Gasteiger partial charge in [-0.25, -0.2) is 4.79 Å². The highest BCUT2D eigenvalue weighted by Crippen LogP contribution is 2.28. The summed E-state index contributed by atoms with van der Waals surface area (Å²) in [6.07, 6.45) is 1.18. The van der Waals surface area contributed by atoms with E-state index in [1.807, 2.05) is 11.1 Å². The van der Waals surface area contributed by atoms with E-state index >= 15 is 0 Å². The fraction of sp³-hybridized carbons (Fsp3) is 0.368. The van der Waals surface area contributed by atoms with Crippen LogP contribution >= 0.6 is 0 Å². The molecule has 1 amide bonds. The molecule has 0 spiro atoms. The molecule has 29 heavy (non-hydrogen) atoms. The largest absolute Gasteiger partial charge is 0.493 e. The lowest BCUT2D eigenvalue weighted by atomic mass is 10.2. The van der Waals surface area contributed by atoms with Gasteiger partial charge in [-0.3, -0.25) is 23.9 Å². The summed E-state index contributed by atoms with van der Waals surface area (Å²) in [4.78, 5) is 50.5. The van der Waals surface area contributed by atoms with Crippen molar-refractivity contribution in [1.82, 2.24) is 14.5 Å². The zero-order valence-corrected chi connectivity index (χ0v) is 16.5. The number of nitrogens with one attached hydrogen (secondary N) is 1. The molecule has 0 atom stereocenters. The quantitative estimate of drug-likeness (QED) is 0.590. The normalized spacial score (nSPS) is 10.3. The van der Waals surface area contributed by atoms with Gasteiger partial charge in [-0.2, -0.15) is 0 Å². The van der Waals surface area contributed by atoms with E-state index in [-0.39, 0.29) is 5.91 Å². The topological polar surface area (TPSA) is 120 Å². The van der Waals surface area contributed by atoms with Crippen LogP contribution in [0.1, 0.15) is 12.5 Å². The number of methoxy groups -OCH3 is 2. The van der Waals surface area contributed by atoms with Crippen LogP contribution in [0.2, 0.25) is 0 Å². The summed E-state index contributed by atoms with van der Waals surface area (Å²) in [7, 11) is 3.06. The van der Waals surface area contributed by atoms with Gasteiger partial charge >= 0.3 is 11.7 Å². The second-order valence-electron chi connectivity index (χ2n) is 6.00. The molecule has 0 radical (unpaired) electrons. The van der Waals surface area contributed by atoms with Crippen molar-refractivity contribution < 1.29 is 23.8 Å². The first-order chi connectivity index (χ1) is 13.9. The Balaban J connectivity index is 1.94. The molecule has 2 aromatic rings. The number of rotatable bonds is 9. The molecule has 0 aliphatic carbocycles. The lowest BCUT2D eigenvalue weighted by Crippen LogP contribution is -2.35. The van der Waals surface area contributed by atoms with Crippen molar-refractivity contribution in [3.8, 4) is 11.5 Å². The minimum absolute atomic E-state index is 0.298. The molecule has 1 aromatic carbocycles. The number of H-pyrrole nitrogens is 1. The van der Waals surface area contributed by atoms with Crippen molar-refractivity contribution in [2.45, 2.75) is 20.0 Å². The van der Waals surface area contributed by atoms with E-state index in [9.17, 15) is 19.2 Å². The number of amides is 1.